The highest BCUT2D eigenvalue weighted by Crippen LogP contribution is 2.29. The number of hydrogen-bond donors (Lipinski definition) is 2. The van der Waals surface area contributed by atoms with Crippen LogP contribution in [0.15, 0.2) is 61.2 Å². The Morgan fingerprint density at radius 2 is 2.00 bits per heavy atom. The van der Waals surface area contributed by atoms with Crippen molar-refractivity contribution in [2.75, 3.05) is 30.4 Å². The van der Waals surface area contributed by atoms with Crippen molar-refractivity contribution in [3.05, 3.63) is 66.7 Å². The Morgan fingerprint density at radius 3 is 2.71 bits per heavy atom. The van der Waals surface area contributed by atoms with Gasteiger partial charge in [-0.1, -0.05) is 24.8 Å². The highest BCUT2D eigenvalue weighted by molar-refractivity contribution is 6.10. The molecule has 0 aromatic heterocycles. The first-order chi connectivity index (χ1) is 13.5. The minimum atomic E-state index is -0.296. The number of carbonyl (C=O) groups excluding carboxylic acids is 2. The first-order valence-electron chi connectivity index (χ1n) is 9.35. The number of hydrogen-bond acceptors (Lipinski definition) is 3. The number of carbonyl (C=O) groups is 2. The Bertz CT molecular complexity index is 864. The van der Waals surface area contributed by atoms with Gasteiger partial charge in [0.2, 0.25) is 5.91 Å². The molecule has 1 heterocycles. The van der Waals surface area contributed by atoms with E-state index in [-0.39, 0.29) is 24.4 Å². The average Bonchev–Trinajstić information content (AvgIpc) is 2.71. The van der Waals surface area contributed by atoms with Crippen LogP contribution in [0.3, 0.4) is 0 Å². The van der Waals surface area contributed by atoms with Crippen LogP contribution in [-0.2, 0) is 16.1 Å². The molecule has 0 bridgehead atoms. The van der Waals surface area contributed by atoms with Gasteiger partial charge in [-0.25, -0.2) is 0 Å². The van der Waals surface area contributed by atoms with E-state index in [0.717, 1.165) is 21.9 Å². The fraction of sp³-hybridized carbons (Fsp3) is 0.273. The fourth-order valence-corrected chi connectivity index (χ4v) is 3.21. The van der Waals surface area contributed by atoms with Gasteiger partial charge in [0.05, 0.1) is 18.4 Å². The summed E-state index contributed by atoms with van der Waals surface area (Å²) in [6.45, 7) is 6.74. The number of amides is 2. The zero-order valence-electron chi connectivity index (χ0n) is 16.3. The predicted octanol–water partition coefficient (Wildman–Crippen LogP) is 1.64. The van der Waals surface area contributed by atoms with Crippen LogP contribution in [0.4, 0.5) is 11.4 Å². The maximum absolute atomic E-state index is 13.1. The first-order valence-corrected chi connectivity index (χ1v) is 9.35. The summed E-state index contributed by atoms with van der Waals surface area (Å²) in [7, 11) is 1.99. The second kappa shape index (κ2) is 8.71. The van der Waals surface area contributed by atoms with Gasteiger partial charge in [0.15, 0.2) is 6.04 Å². The summed E-state index contributed by atoms with van der Waals surface area (Å²) in [6, 6.07) is 14.9. The van der Waals surface area contributed by atoms with Crippen molar-refractivity contribution in [3.63, 3.8) is 0 Å². The van der Waals surface area contributed by atoms with Gasteiger partial charge in [0.1, 0.15) is 25.4 Å². The molecule has 28 heavy (non-hydrogen) atoms. The molecule has 6 heteroatoms. The number of nitrogens with zero attached hydrogens (tertiary/aromatic N) is 1. The molecule has 2 aromatic rings. The molecule has 1 aliphatic rings. The summed E-state index contributed by atoms with van der Waals surface area (Å²) in [5, 5.41) is 2.81. The number of rotatable bonds is 7. The molecule has 3 rings (SSSR count). The van der Waals surface area contributed by atoms with Crippen LogP contribution < -0.4 is 19.9 Å². The van der Waals surface area contributed by atoms with Gasteiger partial charge in [-0.15, -0.1) is 0 Å². The number of ether oxygens (including phenoxy) is 1. The minimum absolute atomic E-state index is 0.0445. The van der Waals surface area contributed by atoms with Gasteiger partial charge >= 0.3 is 0 Å². The molecule has 0 radical (unpaired) electrons. The molecule has 0 saturated heterocycles. The highest BCUT2D eigenvalue weighted by atomic mass is 16.5. The van der Waals surface area contributed by atoms with Crippen LogP contribution in [0.25, 0.3) is 0 Å². The van der Waals surface area contributed by atoms with E-state index in [1.54, 1.807) is 11.0 Å². The van der Waals surface area contributed by atoms with Crippen molar-refractivity contribution in [2.24, 2.45) is 0 Å². The lowest BCUT2D eigenvalue weighted by Gasteiger charge is -2.32. The standard InChI is InChI=1S/C22H25N3O3/c1-4-13-28-18-11-9-17(10-12-18)14-24(3)16(2)22(27)25-15-21(26)23-19-7-5-6-8-20(19)25/h4-12,16H,1,13-15H2,2-3H3,(H,23,26)/p+1/t16-/m1/s1. The van der Waals surface area contributed by atoms with Crippen LogP contribution in [0.5, 0.6) is 5.75 Å². The van der Waals surface area contributed by atoms with E-state index in [9.17, 15) is 9.59 Å². The number of anilines is 2. The van der Waals surface area contributed by atoms with Crippen molar-refractivity contribution < 1.29 is 19.2 Å². The Hall–Kier alpha value is -3.12. The van der Waals surface area contributed by atoms with Crippen LogP contribution in [0.1, 0.15) is 12.5 Å². The molecule has 0 fully saturated rings. The summed E-state index contributed by atoms with van der Waals surface area (Å²) in [4.78, 5) is 27.7. The van der Waals surface area contributed by atoms with Crippen LogP contribution >= 0.6 is 0 Å². The third-order valence-corrected chi connectivity index (χ3v) is 4.92. The Balaban J connectivity index is 1.68. The molecule has 2 N–H and O–H groups in total. The number of nitrogens with one attached hydrogen (secondary N) is 2. The largest absolute Gasteiger partial charge is 0.490 e. The average molecular weight is 380 g/mol. The van der Waals surface area contributed by atoms with E-state index in [1.807, 2.05) is 62.5 Å². The summed E-state index contributed by atoms with van der Waals surface area (Å²) in [6.07, 6.45) is 1.71. The molecule has 0 saturated carbocycles. The minimum Gasteiger partial charge on any atom is -0.490 e. The fourth-order valence-electron chi connectivity index (χ4n) is 3.21. The molecule has 2 amide bonds. The van der Waals surface area contributed by atoms with E-state index in [0.29, 0.717) is 18.8 Å². The van der Waals surface area contributed by atoms with Gasteiger partial charge in [-0.2, -0.15) is 0 Å². The van der Waals surface area contributed by atoms with E-state index in [1.165, 1.54) is 0 Å². The smallest absolute Gasteiger partial charge is 0.285 e. The summed E-state index contributed by atoms with van der Waals surface area (Å²) < 4.78 is 5.50. The van der Waals surface area contributed by atoms with Crippen LogP contribution in [-0.4, -0.2) is 38.1 Å². The van der Waals surface area contributed by atoms with Gasteiger partial charge in [-0.05, 0) is 43.3 Å². The van der Waals surface area contributed by atoms with Crippen molar-refractivity contribution in [1.82, 2.24) is 0 Å². The van der Waals surface area contributed by atoms with Gasteiger partial charge in [0, 0.05) is 5.56 Å². The van der Waals surface area contributed by atoms with Crippen LogP contribution in [0.2, 0.25) is 0 Å². The summed E-state index contributed by atoms with van der Waals surface area (Å²) >= 11 is 0. The predicted molar refractivity (Wildman–Crippen MR) is 110 cm³/mol. The van der Waals surface area contributed by atoms with Gasteiger partial charge in [0.25, 0.3) is 5.91 Å². The first kappa shape index (κ1) is 19.6. The summed E-state index contributed by atoms with van der Waals surface area (Å²) in [5.41, 5.74) is 2.53. The number of para-hydroxylation sites is 2. The zero-order chi connectivity index (χ0) is 20.1. The van der Waals surface area contributed by atoms with Gasteiger partial charge in [-0.3, -0.25) is 14.5 Å². The topological polar surface area (TPSA) is 63.1 Å². The molecule has 6 nitrogen and oxygen atoms in total. The van der Waals surface area contributed by atoms with E-state index in [2.05, 4.69) is 11.9 Å². The SMILES string of the molecule is C=CCOc1ccc(C[NH+](C)[C@H](C)C(=O)N2CC(=O)Nc3ccccc32)cc1. The van der Waals surface area contributed by atoms with Crippen LogP contribution in [0, 0.1) is 0 Å². The maximum atomic E-state index is 13.1. The van der Waals surface area contributed by atoms with Crippen molar-refractivity contribution in [2.45, 2.75) is 19.5 Å². The lowest BCUT2D eigenvalue weighted by atomic mass is 10.1. The number of quaternary nitrogens is 1. The third-order valence-electron chi connectivity index (χ3n) is 4.92. The summed E-state index contributed by atoms with van der Waals surface area (Å²) in [5.74, 6) is 0.555. The van der Waals surface area contributed by atoms with Crippen molar-refractivity contribution in [1.29, 1.82) is 0 Å². The van der Waals surface area contributed by atoms with E-state index < -0.39 is 0 Å². The molecule has 1 unspecified atom stereocenters. The molecule has 146 valence electrons. The highest BCUT2D eigenvalue weighted by Gasteiger charge is 2.33. The van der Waals surface area contributed by atoms with E-state index >= 15 is 0 Å². The monoisotopic (exact) mass is 380 g/mol. The molecular formula is C22H26N3O3+. The Kier molecular flexibility index (Phi) is 6.11. The number of benzene rings is 2. The Morgan fingerprint density at radius 1 is 1.29 bits per heavy atom. The third kappa shape index (κ3) is 4.40. The number of likely N-dealkylation sites (N-methyl/N-ethyl adjacent to an activating group) is 1. The lowest BCUT2D eigenvalue weighted by molar-refractivity contribution is -0.908. The van der Waals surface area contributed by atoms with Crippen molar-refractivity contribution in [3.8, 4) is 5.75 Å². The molecule has 1 aliphatic heterocycles. The molecule has 2 atom stereocenters. The van der Waals surface area contributed by atoms with E-state index in [4.69, 9.17) is 4.74 Å². The lowest BCUT2D eigenvalue weighted by Crippen LogP contribution is -3.12. The molecule has 0 spiro atoms. The Labute approximate surface area is 165 Å². The molecule has 2 aromatic carbocycles. The molecular weight excluding hydrogens is 354 g/mol. The van der Waals surface area contributed by atoms with Crippen molar-refractivity contribution >= 4 is 23.2 Å². The second-order valence-corrected chi connectivity index (χ2v) is 6.98. The normalized spacial score (nSPS) is 15.2. The second-order valence-electron chi connectivity index (χ2n) is 6.98. The quantitative estimate of drug-likeness (QED) is 0.718. The molecule has 0 aliphatic carbocycles. The maximum Gasteiger partial charge on any atom is 0.285 e. The zero-order valence-corrected chi connectivity index (χ0v) is 16.3. The van der Waals surface area contributed by atoms with Gasteiger partial charge < -0.3 is 15.0 Å². The number of fused-ring (bicyclic) bond motifs is 1.